The summed E-state index contributed by atoms with van der Waals surface area (Å²) in [5.41, 5.74) is 5.60. The third kappa shape index (κ3) is 2.60. The van der Waals surface area contributed by atoms with Crippen LogP contribution < -0.4 is 5.73 Å². The molecule has 7 heteroatoms. The molecule has 0 bridgehead atoms. The summed E-state index contributed by atoms with van der Waals surface area (Å²) in [5.74, 6) is -0.439. The number of phenols is 1. The van der Waals surface area contributed by atoms with Gasteiger partial charge in [-0.05, 0) is 45.5 Å². The van der Waals surface area contributed by atoms with Crippen LogP contribution in [0.5, 0.6) is 5.75 Å². The molecule has 0 aromatic heterocycles. The molecule has 20 heavy (non-hydrogen) atoms. The molecule has 1 aromatic rings. The number of sulfone groups is 1. The van der Waals surface area contributed by atoms with E-state index in [1.807, 2.05) is 19.0 Å². The molecule has 2 atom stereocenters. The van der Waals surface area contributed by atoms with Crippen LogP contribution in [0.25, 0.3) is 0 Å². The molecular formula is C13H19ClN2O3S. The van der Waals surface area contributed by atoms with Crippen molar-refractivity contribution in [2.24, 2.45) is 0 Å². The van der Waals surface area contributed by atoms with Gasteiger partial charge >= 0.3 is 0 Å². The van der Waals surface area contributed by atoms with Crippen LogP contribution in [0.3, 0.4) is 0 Å². The first-order chi connectivity index (χ1) is 9.25. The Bertz CT molecular complexity index is 616. The Morgan fingerprint density at radius 1 is 1.35 bits per heavy atom. The first-order valence-corrected chi connectivity index (χ1v) is 8.35. The van der Waals surface area contributed by atoms with Gasteiger partial charge in [-0.3, -0.25) is 0 Å². The van der Waals surface area contributed by atoms with Gasteiger partial charge in [-0.25, -0.2) is 8.42 Å². The molecule has 1 fully saturated rings. The van der Waals surface area contributed by atoms with Crippen LogP contribution in [0.4, 0.5) is 5.69 Å². The van der Waals surface area contributed by atoms with E-state index in [1.54, 1.807) is 0 Å². The maximum Gasteiger partial charge on any atom is 0.186 e. The third-order valence-electron chi connectivity index (χ3n) is 3.93. The fraction of sp³-hybridized carbons (Fsp3) is 0.538. The fourth-order valence-electron chi connectivity index (χ4n) is 2.67. The second-order valence-electron chi connectivity index (χ2n) is 5.41. The Hall–Kier alpha value is -0.980. The summed E-state index contributed by atoms with van der Waals surface area (Å²) < 4.78 is 25.4. The maximum atomic E-state index is 12.7. The van der Waals surface area contributed by atoms with Crippen molar-refractivity contribution in [3.05, 3.63) is 17.2 Å². The van der Waals surface area contributed by atoms with Gasteiger partial charge < -0.3 is 15.7 Å². The molecule has 1 aliphatic rings. The smallest absolute Gasteiger partial charge is 0.186 e. The number of nitrogens with zero attached hydrogens (tertiary/aromatic N) is 1. The first-order valence-electron chi connectivity index (χ1n) is 6.42. The van der Waals surface area contributed by atoms with Gasteiger partial charge in [0.15, 0.2) is 15.6 Å². The minimum atomic E-state index is -3.68. The number of nitrogens with two attached hydrogens (primary N) is 1. The quantitative estimate of drug-likeness (QED) is 0.656. The number of hydrogen-bond acceptors (Lipinski definition) is 5. The van der Waals surface area contributed by atoms with E-state index in [4.69, 9.17) is 17.3 Å². The minimum Gasteiger partial charge on any atom is -0.504 e. The number of anilines is 1. The summed E-state index contributed by atoms with van der Waals surface area (Å²) in [6, 6.07) is 3.03. The highest BCUT2D eigenvalue weighted by Crippen LogP contribution is 2.40. The molecule has 0 aliphatic heterocycles. The van der Waals surface area contributed by atoms with Crippen molar-refractivity contribution in [3.63, 3.8) is 0 Å². The van der Waals surface area contributed by atoms with Gasteiger partial charge in [0.2, 0.25) is 0 Å². The van der Waals surface area contributed by atoms with Crippen LogP contribution in [0, 0.1) is 0 Å². The lowest BCUT2D eigenvalue weighted by Gasteiger charge is -2.19. The zero-order valence-electron chi connectivity index (χ0n) is 11.5. The van der Waals surface area contributed by atoms with Crippen molar-refractivity contribution in [3.8, 4) is 5.75 Å². The van der Waals surface area contributed by atoms with E-state index >= 15 is 0 Å². The number of halogens is 1. The zero-order chi connectivity index (χ0) is 15.1. The summed E-state index contributed by atoms with van der Waals surface area (Å²) in [4.78, 5) is 1.79. The van der Waals surface area contributed by atoms with Crippen LogP contribution >= 0.6 is 11.6 Å². The van der Waals surface area contributed by atoms with E-state index in [2.05, 4.69) is 0 Å². The fourth-order valence-corrected chi connectivity index (χ4v) is 5.12. The summed E-state index contributed by atoms with van der Waals surface area (Å²) in [6.07, 6.45) is 1.92. The van der Waals surface area contributed by atoms with Gasteiger partial charge in [0, 0.05) is 6.04 Å². The molecule has 0 amide bonds. The molecule has 1 aromatic carbocycles. The van der Waals surface area contributed by atoms with E-state index < -0.39 is 20.8 Å². The molecule has 3 N–H and O–H groups in total. The van der Waals surface area contributed by atoms with E-state index in [0.29, 0.717) is 12.8 Å². The van der Waals surface area contributed by atoms with Gasteiger partial charge in [0.05, 0.1) is 16.0 Å². The number of aromatic hydroxyl groups is 1. The highest BCUT2D eigenvalue weighted by molar-refractivity contribution is 7.92. The largest absolute Gasteiger partial charge is 0.504 e. The summed E-state index contributed by atoms with van der Waals surface area (Å²) in [6.45, 7) is 0. The molecule has 1 saturated carbocycles. The predicted molar refractivity (Wildman–Crippen MR) is 79.8 cm³/mol. The van der Waals surface area contributed by atoms with Crippen LogP contribution in [0.2, 0.25) is 5.02 Å². The third-order valence-corrected chi connectivity index (χ3v) is 6.64. The van der Waals surface area contributed by atoms with E-state index in [0.717, 1.165) is 6.42 Å². The van der Waals surface area contributed by atoms with Crippen LogP contribution in [0.15, 0.2) is 17.0 Å². The van der Waals surface area contributed by atoms with Crippen molar-refractivity contribution >= 4 is 27.1 Å². The van der Waals surface area contributed by atoms with Crippen molar-refractivity contribution in [1.29, 1.82) is 0 Å². The van der Waals surface area contributed by atoms with E-state index in [1.165, 1.54) is 12.1 Å². The second-order valence-corrected chi connectivity index (χ2v) is 7.98. The van der Waals surface area contributed by atoms with E-state index in [-0.39, 0.29) is 21.6 Å². The number of nitrogen functional groups attached to an aromatic ring is 1. The molecule has 0 radical (unpaired) electrons. The SMILES string of the molecule is CN(C)C1CCC(S(=O)(=O)c2c(Cl)ccc(N)c2O)C1. The highest BCUT2D eigenvalue weighted by Gasteiger charge is 2.38. The molecule has 2 unspecified atom stereocenters. The average Bonchev–Trinajstić information content (AvgIpc) is 2.84. The number of hydrogen-bond donors (Lipinski definition) is 2. The molecule has 0 saturated heterocycles. The Morgan fingerprint density at radius 3 is 2.55 bits per heavy atom. The second kappa shape index (κ2) is 5.42. The summed E-state index contributed by atoms with van der Waals surface area (Å²) >= 11 is 5.96. The lowest BCUT2D eigenvalue weighted by atomic mass is 10.2. The Kier molecular flexibility index (Phi) is 4.18. The molecular weight excluding hydrogens is 300 g/mol. The van der Waals surface area contributed by atoms with E-state index in [9.17, 15) is 13.5 Å². The molecule has 0 heterocycles. The Labute approximate surface area is 124 Å². The molecule has 5 nitrogen and oxygen atoms in total. The van der Waals surface area contributed by atoms with Crippen molar-refractivity contribution in [1.82, 2.24) is 4.90 Å². The summed E-state index contributed by atoms with van der Waals surface area (Å²) in [7, 11) is 0.193. The van der Waals surface area contributed by atoms with Gasteiger partial charge in [0.1, 0.15) is 4.90 Å². The predicted octanol–water partition coefficient (Wildman–Crippen LogP) is 1.88. The molecule has 112 valence electrons. The molecule has 0 spiro atoms. The van der Waals surface area contributed by atoms with Crippen LogP contribution in [-0.2, 0) is 9.84 Å². The minimum absolute atomic E-state index is 0.0185. The van der Waals surface area contributed by atoms with Crippen molar-refractivity contribution in [2.45, 2.75) is 35.4 Å². The number of benzene rings is 1. The Balaban J connectivity index is 2.40. The van der Waals surface area contributed by atoms with Gasteiger partial charge in [0.25, 0.3) is 0 Å². The highest BCUT2D eigenvalue weighted by atomic mass is 35.5. The normalized spacial score (nSPS) is 23.4. The Morgan fingerprint density at radius 2 is 2.00 bits per heavy atom. The first kappa shape index (κ1) is 15.4. The van der Waals surface area contributed by atoms with Gasteiger partial charge in [-0.15, -0.1) is 0 Å². The maximum absolute atomic E-state index is 12.7. The van der Waals surface area contributed by atoms with Gasteiger partial charge in [-0.1, -0.05) is 11.6 Å². The van der Waals surface area contributed by atoms with Crippen LogP contribution in [0.1, 0.15) is 19.3 Å². The lowest BCUT2D eigenvalue weighted by Crippen LogP contribution is -2.27. The van der Waals surface area contributed by atoms with Crippen LogP contribution in [-0.4, -0.2) is 43.8 Å². The van der Waals surface area contributed by atoms with Crippen molar-refractivity contribution in [2.75, 3.05) is 19.8 Å². The topological polar surface area (TPSA) is 83.6 Å². The zero-order valence-corrected chi connectivity index (χ0v) is 13.1. The molecule has 1 aliphatic carbocycles. The standard InChI is InChI=1S/C13H19ClN2O3S/c1-16(2)8-3-4-9(7-8)20(18,19)13-10(14)5-6-11(15)12(13)17/h5-6,8-9,17H,3-4,7,15H2,1-2H3. The number of phenolic OH excluding ortho intramolecular Hbond substituents is 1. The van der Waals surface area contributed by atoms with Gasteiger partial charge in [-0.2, -0.15) is 0 Å². The summed E-state index contributed by atoms with van der Waals surface area (Å²) in [5, 5.41) is 9.44. The lowest BCUT2D eigenvalue weighted by molar-refractivity contribution is 0.299. The van der Waals surface area contributed by atoms with Crippen molar-refractivity contribution < 1.29 is 13.5 Å². The average molecular weight is 319 g/mol. The molecule has 2 rings (SSSR count). The monoisotopic (exact) mass is 318 g/mol. The number of rotatable bonds is 3.